The van der Waals surface area contributed by atoms with Crippen molar-refractivity contribution in [3.8, 4) is 11.1 Å². The van der Waals surface area contributed by atoms with Crippen LogP contribution >= 0.6 is 15.9 Å². The largest absolute Gasteiger partial charge is 0.480 e. The summed E-state index contributed by atoms with van der Waals surface area (Å²) in [6.07, 6.45) is 0.848. The van der Waals surface area contributed by atoms with Crippen molar-refractivity contribution < 1.29 is 24.2 Å². The first-order valence-corrected chi connectivity index (χ1v) is 16.8. The number of rotatable bonds is 11. The first-order valence-electron chi connectivity index (χ1n) is 12.3. The quantitative estimate of drug-likeness (QED) is 0.228. The molecule has 0 bridgehead atoms. The van der Waals surface area contributed by atoms with Gasteiger partial charge in [0.25, 0.3) is 0 Å². The maximum atomic E-state index is 12.7. The van der Waals surface area contributed by atoms with Gasteiger partial charge in [0.1, 0.15) is 24.0 Å². The van der Waals surface area contributed by atoms with Crippen LogP contribution in [0.25, 0.3) is 11.1 Å². The van der Waals surface area contributed by atoms with E-state index in [0.29, 0.717) is 16.9 Å². The summed E-state index contributed by atoms with van der Waals surface area (Å²) < 4.78 is 13.6. The predicted molar refractivity (Wildman–Crippen MR) is 147 cm³/mol. The fourth-order valence-corrected chi connectivity index (χ4v) is 5.65. The van der Waals surface area contributed by atoms with E-state index < -0.39 is 26.2 Å². The molecule has 0 fully saturated rings. The van der Waals surface area contributed by atoms with Gasteiger partial charge in [-0.25, -0.2) is 14.6 Å². The van der Waals surface area contributed by atoms with Crippen LogP contribution in [0.2, 0.25) is 25.7 Å². The Kier molecular flexibility index (Phi) is 8.51. The molecule has 1 aliphatic rings. The van der Waals surface area contributed by atoms with Crippen LogP contribution in [0, 0.1) is 0 Å². The minimum atomic E-state index is -1.22. The summed E-state index contributed by atoms with van der Waals surface area (Å²) in [6, 6.07) is 15.9. The zero-order valence-corrected chi connectivity index (χ0v) is 23.8. The molecular formula is C27H32BrN3O5Si. The summed E-state index contributed by atoms with van der Waals surface area (Å²) in [4.78, 5) is 28.9. The summed E-state index contributed by atoms with van der Waals surface area (Å²) in [6.45, 7) is 7.84. The van der Waals surface area contributed by atoms with Crippen LogP contribution in [0.1, 0.15) is 22.7 Å². The monoisotopic (exact) mass is 585 g/mol. The Hall–Kier alpha value is -2.95. The van der Waals surface area contributed by atoms with Gasteiger partial charge in [0.05, 0.1) is 12.0 Å². The number of halogens is 1. The minimum absolute atomic E-state index is 0.0253. The molecule has 8 nitrogen and oxygen atoms in total. The summed E-state index contributed by atoms with van der Waals surface area (Å²) >= 11 is 3.39. The van der Waals surface area contributed by atoms with E-state index in [0.717, 1.165) is 28.3 Å². The maximum absolute atomic E-state index is 12.7. The van der Waals surface area contributed by atoms with Gasteiger partial charge in [0.15, 0.2) is 0 Å². The van der Waals surface area contributed by atoms with Gasteiger partial charge in [-0.2, -0.15) is 0 Å². The lowest BCUT2D eigenvalue weighted by Gasteiger charge is -2.19. The molecule has 2 aromatic carbocycles. The summed E-state index contributed by atoms with van der Waals surface area (Å²) in [7, 11) is -1.22. The standard InChI is InChI=1S/C27H32BrN3O5Si/c1-37(2,3)13-12-35-17-31-16-29-25(28)24(31)14-23(26(32)33)30-27(34)36-15-22-20-10-6-4-8-18(20)19-9-5-7-11-21(19)22/h4-11,16,22-23H,12-15,17H2,1-3H3,(H,30,34)(H,32,33)/t23-/m0/s1. The molecule has 1 aromatic heterocycles. The Morgan fingerprint density at radius 2 is 1.73 bits per heavy atom. The second-order valence-electron chi connectivity index (χ2n) is 10.4. The molecule has 0 spiro atoms. The van der Waals surface area contributed by atoms with E-state index in [4.69, 9.17) is 9.47 Å². The van der Waals surface area contributed by atoms with Gasteiger partial charge >= 0.3 is 12.1 Å². The first kappa shape index (κ1) is 27.1. The SMILES string of the molecule is C[Si](C)(C)CCOCn1cnc(Br)c1C[C@H](NC(=O)OCC1c2ccccc2-c2ccccc21)C(=O)O. The molecule has 3 aromatic rings. The van der Waals surface area contributed by atoms with E-state index in [1.165, 1.54) is 0 Å². The van der Waals surface area contributed by atoms with Crippen LogP contribution in [0.3, 0.4) is 0 Å². The summed E-state index contributed by atoms with van der Waals surface area (Å²) in [5.74, 6) is -1.27. The Balaban J connectivity index is 1.37. The number of alkyl carbamates (subject to hydrolysis) is 1. The second-order valence-corrected chi connectivity index (χ2v) is 16.7. The lowest BCUT2D eigenvalue weighted by Crippen LogP contribution is -2.43. The van der Waals surface area contributed by atoms with Crippen molar-refractivity contribution in [2.75, 3.05) is 13.2 Å². The van der Waals surface area contributed by atoms with Gasteiger partial charge in [-0.3, -0.25) is 0 Å². The zero-order chi connectivity index (χ0) is 26.6. The van der Waals surface area contributed by atoms with Crippen molar-refractivity contribution in [3.05, 3.63) is 76.3 Å². The molecule has 0 aliphatic heterocycles. The molecule has 0 radical (unpaired) electrons. The molecule has 1 atom stereocenters. The van der Waals surface area contributed by atoms with Gasteiger partial charge in [-0.15, -0.1) is 0 Å². The minimum Gasteiger partial charge on any atom is -0.480 e. The number of imidazole rings is 1. The highest BCUT2D eigenvalue weighted by Crippen LogP contribution is 2.44. The third-order valence-electron chi connectivity index (χ3n) is 6.45. The molecule has 1 heterocycles. The highest BCUT2D eigenvalue weighted by Gasteiger charge is 2.30. The Bertz CT molecular complexity index is 1230. The van der Waals surface area contributed by atoms with E-state index >= 15 is 0 Å². The van der Waals surface area contributed by atoms with E-state index in [2.05, 4.69) is 58.0 Å². The lowest BCUT2D eigenvalue weighted by atomic mass is 9.98. The van der Waals surface area contributed by atoms with Crippen molar-refractivity contribution in [2.24, 2.45) is 0 Å². The van der Waals surface area contributed by atoms with Crippen LogP contribution in [-0.2, 0) is 27.4 Å². The number of hydrogen-bond donors (Lipinski definition) is 2. The van der Waals surface area contributed by atoms with E-state index in [9.17, 15) is 14.7 Å². The third kappa shape index (κ3) is 6.68. The summed E-state index contributed by atoms with van der Waals surface area (Å²) in [5.41, 5.74) is 5.06. The molecule has 0 saturated carbocycles. The molecule has 0 unspecified atom stereocenters. The van der Waals surface area contributed by atoms with Crippen molar-refractivity contribution in [1.82, 2.24) is 14.9 Å². The molecule has 2 N–H and O–H groups in total. The van der Waals surface area contributed by atoms with Gasteiger partial charge < -0.3 is 24.5 Å². The van der Waals surface area contributed by atoms with Gasteiger partial charge in [-0.05, 0) is 44.2 Å². The molecular weight excluding hydrogens is 554 g/mol. The average Bonchev–Trinajstić information content (AvgIpc) is 3.36. The van der Waals surface area contributed by atoms with Crippen molar-refractivity contribution in [2.45, 2.75) is 50.8 Å². The van der Waals surface area contributed by atoms with Crippen molar-refractivity contribution >= 4 is 36.1 Å². The van der Waals surface area contributed by atoms with Gasteiger partial charge in [0, 0.05) is 27.0 Å². The number of carboxylic acids is 1. The number of fused-ring (bicyclic) bond motifs is 3. The average molecular weight is 587 g/mol. The fraction of sp³-hybridized carbons (Fsp3) is 0.370. The zero-order valence-electron chi connectivity index (χ0n) is 21.2. The molecule has 0 saturated heterocycles. The van der Waals surface area contributed by atoms with Crippen LogP contribution in [0.4, 0.5) is 4.79 Å². The molecule has 196 valence electrons. The van der Waals surface area contributed by atoms with Gasteiger partial charge in [-0.1, -0.05) is 68.2 Å². The van der Waals surface area contributed by atoms with Crippen molar-refractivity contribution in [1.29, 1.82) is 0 Å². The number of nitrogens with zero attached hydrogens (tertiary/aromatic N) is 2. The number of hydrogen-bond acceptors (Lipinski definition) is 5. The first-order chi connectivity index (χ1) is 17.6. The number of carbonyl (C=O) groups is 2. The van der Waals surface area contributed by atoms with E-state index in [1.54, 1.807) is 10.9 Å². The maximum Gasteiger partial charge on any atom is 0.407 e. The highest BCUT2D eigenvalue weighted by atomic mass is 79.9. The molecule has 37 heavy (non-hydrogen) atoms. The fourth-order valence-electron chi connectivity index (χ4n) is 4.41. The number of aromatic nitrogens is 2. The number of amides is 1. The number of carbonyl (C=O) groups excluding carboxylic acids is 1. The number of carboxylic acid groups (broad SMARTS) is 1. The number of nitrogens with one attached hydrogen (secondary N) is 1. The smallest absolute Gasteiger partial charge is 0.407 e. The molecule has 10 heteroatoms. The lowest BCUT2D eigenvalue weighted by molar-refractivity contribution is -0.139. The van der Waals surface area contributed by atoms with E-state index in [-0.39, 0.29) is 25.7 Å². The Morgan fingerprint density at radius 1 is 1.11 bits per heavy atom. The third-order valence-corrected chi connectivity index (χ3v) is 8.82. The van der Waals surface area contributed by atoms with Crippen LogP contribution in [-0.4, -0.2) is 54.0 Å². The predicted octanol–water partition coefficient (Wildman–Crippen LogP) is 5.49. The second kappa shape index (κ2) is 11.6. The number of benzene rings is 2. The van der Waals surface area contributed by atoms with Crippen LogP contribution in [0.15, 0.2) is 59.5 Å². The molecule has 1 aliphatic carbocycles. The van der Waals surface area contributed by atoms with E-state index in [1.807, 2.05) is 36.4 Å². The summed E-state index contributed by atoms with van der Waals surface area (Å²) in [5, 5.41) is 12.3. The van der Waals surface area contributed by atoms with Gasteiger partial charge in [0.2, 0.25) is 0 Å². The molecule has 1 amide bonds. The Labute approximate surface area is 226 Å². The van der Waals surface area contributed by atoms with Crippen LogP contribution in [0.5, 0.6) is 0 Å². The Morgan fingerprint density at radius 3 is 2.32 bits per heavy atom. The highest BCUT2D eigenvalue weighted by molar-refractivity contribution is 9.10. The van der Waals surface area contributed by atoms with Crippen molar-refractivity contribution in [3.63, 3.8) is 0 Å². The molecule has 4 rings (SSSR count). The topological polar surface area (TPSA) is 103 Å². The number of aliphatic carboxylic acids is 1. The normalized spacial score (nSPS) is 13.6. The van der Waals surface area contributed by atoms with Crippen LogP contribution < -0.4 is 5.32 Å². The number of ether oxygens (including phenoxy) is 2.